The maximum atomic E-state index is 11.6. The second kappa shape index (κ2) is 19.3. The molecule has 3 aromatic rings. The van der Waals surface area contributed by atoms with Crippen molar-refractivity contribution in [2.45, 2.75) is 19.3 Å². The Kier molecular flexibility index (Phi) is 14.7. The first-order chi connectivity index (χ1) is 25.7. The molecule has 0 heterocycles. The van der Waals surface area contributed by atoms with Crippen molar-refractivity contribution < 1.29 is 29.9 Å². The molecule has 3 aromatic carbocycles. The number of rotatable bonds is 13. The van der Waals surface area contributed by atoms with Crippen LogP contribution in [0.5, 0.6) is 46.0 Å². The third kappa shape index (κ3) is 11.3. The third-order valence-corrected chi connectivity index (χ3v) is 7.55. The number of benzene rings is 3. The fraction of sp³-hybridized carbons (Fsp3) is 0.273. The molecule has 21 heteroatoms. The molecule has 0 saturated carbocycles. The number of nitrogens with two attached hydrogens (primary N) is 6. The molecule has 0 saturated heterocycles. The zero-order valence-electron chi connectivity index (χ0n) is 30.0. The number of aliphatic imine (C=N–C) groups is 5. The van der Waals surface area contributed by atoms with Gasteiger partial charge in [-0.25, -0.2) is 0 Å². The first kappa shape index (κ1) is 41.1. The number of aromatic hydroxyl groups is 4. The fourth-order valence-corrected chi connectivity index (χ4v) is 4.67. The van der Waals surface area contributed by atoms with Gasteiger partial charge in [-0.2, -0.15) is 4.99 Å². The molecule has 0 radical (unpaired) electrons. The second-order valence-corrected chi connectivity index (χ2v) is 11.2. The summed E-state index contributed by atoms with van der Waals surface area (Å²) in [6.07, 6.45) is 0.430. The normalized spacial score (nSPS) is 12.2. The van der Waals surface area contributed by atoms with Crippen molar-refractivity contribution in [2.24, 2.45) is 59.4 Å². The van der Waals surface area contributed by atoms with Gasteiger partial charge in [0.05, 0.1) is 0 Å². The van der Waals surface area contributed by atoms with Crippen LogP contribution in [-0.4, -0.2) is 102 Å². The zero-order chi connectivity index (χ0) is 39.9. The summed E-state index contributed by atoms with van der Waals surface area (Å²) >= 11 is 0. The van der Waals surface area contributed by atoms with Crippen molar-refractivity contribution in [3.05, 3.63) is 59.2 Å². The number of phenolic OH excluding ortho intramolecular Hbond substituents is 4. The minimum Gasteiger partial charge on any atom is -0.504 e. The smallest absolute Gasteiger partial charge is 0.220 e. The van der Waals surface area contributed by atoms with E-state index < -0.39 is 11.5 Å². The Morgan fingerprint density at radius 3 is 1.93 bits per heavy atom. The Hall–Kier alpha value is -7.32. The van der Waals surface area contributed by atoms with Crippen LogP contribution in [-0.2, 0) is 19.3 Å². The maximum absolute atomic E-state index is 11.6. The van der Waals surface area contributed by atoms with E-state index in [0.717, 1.165) is 0 Å². The van der Waals surface area contributed by atoms with Crippen LogP contribution in [0.3, 0.4) is 0 Å². The highest BCUT2D eigenvalue weighted by atomic mass is 16.5. The molecule has 0 amide bonds. The van der Waals surface area contributed by atoms with Gasteiger partial charge in [0.25, 0.3) is 0 Å². The summed E-state index contributed by atoms with van der Waals surface area (Å²) in [5, 5.41) is 56.8. The van der Waals surface area contributed by atoms with Gasteiger partial charge in [0.15, 0.2) is 64.3 Å². The molecule has 19 N–H and O–H groups in total. The molecule has 290 valence electrons. The minimum atomic E-state index is -0.456. The van der Waals surface area contributed by atoms with Crippen molar-refractivity contribution in [3.63, 3.8) is 0 Å². The van der Waals surface area contributed by atoms with Gasteiger partial charge in [0, 0.05) is 51.9 Å². The van der Waals surface area contributed by atoms with Crippen LogP contribution in [0.15, 0.2) is 67.4 Å². The molecule has 0 aliphatic heterocycles. The largest absolute Gasteiger partial charge is 0.504 e. The van der Waals surface area contributed by atoms with Crippen LogP contribution >= 0.6 is 0 Å². The third-order valence-electron chi connectivity index (χ3n) is 7.55. The molecule has 0 bridgehead atoms. The fourth-order valence-electron chi connectivity index (χ4n) is 4.67. The molecule has 0 aliphatic rings. The van der Waals surface area contributed by atoms with Crippen molar-refractivity contribution in [3.8, 4) is 46.0 Å². The molecule has 0 aromatic heterocycles. The van der Waals surface area contributed by atoms with Crippen molar-refractivity contribution in [2.75, 3.05) is 40.8 Å². The Labute approximate surface area is 310 Å². The molecule has 54 heavy (non-hydrogen) atoms. The van der Waals surface area contributed by atoms with Crippen LogP contribution in [0, 0.1) is 5.41 Å². The summed E-state index contributed by atoms with van der Waals surface area (Å²) in [5.74, 6) is -1.36. The van der Waals surface area contributed by atoms with Gasteiger partial charge in [0.2, 0.25) is 5.96 Å². The van der Waals surface area contributed by atoms with E-state index in [2.05, 4.69) is 35.6 Å². The highest BCUT2D eigenvalue weighted by Crippen LogP contribution is 2.45. The lowest BCUT2D eigenvalue weighted by atomic mass is 10.1. The predicted octanol–water partition coefficient (Wildman–Crippen LogP) is -0.441. The Balaban J connectivity index is 1.97. The van der Waals surface area contributed by atoms with E-state index in [1.165, 1.54) is 50.3 Å². The Morgan fingerprint density at radius 1 is 0.722 bits per heavy atom. The molecular formula is C33H47N15O6. The molecule has 3 rings (SSSR count). The standard InChI is InChI=1S/C33H47N15O6/c1-41-30(38)47-31(39)43-15-12-18-21(8-7-20(49)26(18)51)54-24-10-9-22(19(27(24)52)13-16-44-32(40)48(3)29(36)37)53-23-6-4-5-17(25(23)50)11-14-45-33(42-2)46-28(34)35/h4-10,49-52H,11-16H2,1-3H3,(H3,36,37)(H2,40,44)(H5,34,35,42,45,46)(H5,38,39,41,43,47). The summed E-state index contributed by atoms with van der Waals surface area (Å²) in [5.41, 5.74) is 34.7. The SMILES string of the molecule is CN=C(N)NC(N)=NCCc1c(Oc2ccc(Oc3cccc(CCNC(N=C(N)N)=NC)c3O)c(CCN=C(N)N(C)C(=N)N)c2O)ccc(O)c1O. The van der Waals surface area contributed by atoms with Crippen LogP contribution in [0.25, 0.3) is 0 Å². The molecule has 21 nitrogen and oxygen atoms in total. The van der Waals surface area contributed by atoms with E-state index >= 15 is 0 Å². The maximum Gasteiger partial charge on any atom is 0.220 e. The van der Waals surface area contributed by atoms with E-state index in [0.29, 0.717) is 18.5 Å². The molecule has 0 unspecified atom stereocenters. The predicted molar refractivity (Wildman–Crippen MR) is 208 cm³/mol. The Bertz CT molecular complexity index is 1960. The quantitative estimate of drug-likeness (QED) is 0.0598. The lowest BCUT2D eigenvalue weighted by Crippen LogP contribution is -2.42. The van der Waals surface area contributed by atoms with E-state index in [1.54, 1.807) is 18.2 Å². The topological polar surface area (TPSA) is 368 Å². The van der Waals surface area contributed by atoms with Gasteiger partial charge >= 0.3 is 0 Å². The number of hydrogen-bond acceptors (Lipinski definition) is 11. The highest BCUT2D eigenvalue weighted by Gasteiger charge is 2.21. The molecule has 0 spiro atoms. The lowest BCUT2D eigenvalue weighted by Gasteiger charge is -2.19. The molecule has 0 atom stereocenters. The van der Waals surface area contributed by atoms with Crippen molar-refractivity contribution in [1.82, 2.24) is 15.5 Å². The number of guanidine groups is 6. The van der Waals surface area contributed by atoms with Gasteiger partial charge in [-0.15, -0.1) is 0 Å². The van der Waals surface area contributed by atoms with Gasteiger partial charge in [-0.1, -0.05) is 12.1 Å². The van der Waals surface area contributed by atoms with Crippen molar-refractivity contribution >= 4 is 35.8 Å². The monoisotopic (exact) mass is 749 g/mol. The van der Waals surface area contributed by atoms with Gasteiger partial charge in [-0.05, 0) is 55.2 Å². The van der Waals surface area contributed by atoms with Crippen LogP contribution in [0.4, 0.5) is 0 Å². The summed E-state index contributed by atoms with van der Waals surface area (Å²) < 4.78 is 12.2. The van der Waals surface area contributed by atoms with Gasteiger partial charge < -0.3 is 69.6 Å². The van der Waals surface area contributed by atoms with Crippen LogP contribution < -0.4 is 54.5 Å². The average Bonchev–Trinajstić information content (AvgIpc) is 3.13. The average molecular weight is 750 g/mol. The van der Waals surface area contributed by atoms with E-state index in [1.807, 2.05) is 0 Å². The van der Waals surface area contributed by atoms with E-state index in [-0.39, 0.29) is 107 Å². The lowest BCUT2D eigenvalue weighted by molar-refractivity contribution is 0.377. The number of phenols is 4. The number of para-hydroxylation sites is 1. The van der Waals surface area contributed by atoms with Gasteiger partial charge in [-0.3, -0.25) is 35.6 Å². The number of nitrogens with zero attached hydrogens (tertiary/aromatic N) is 6. The Morgan fingerprint density at radius 2 is 1.31 bits per heavy atom. The summed E-state index contributed by atoms with van der Waals surface area (Å²) in [6.45, 7) is 0.377. The van der Waals surface area contributed by atoms with Gasteiger partial charge in [0.1, 0.15) is 11.5 Å². The van der Waals surface area contributed by atoms with E-state index in [9.17, 15) is 20.4 Å². The first-order valence-corrected chi connectivity index (χ1v) is 16.2. The second-order valence-electron chi connectivity index (χ2n) is 11.2. The van der Waals surface area contributed by atoms with Crippen molar-refractivity contribution in [1.29, 1.82) is 5.41 Å². The number of hydrogen-bond donors (Lipinski definition) is 13. The highest BCUT2D eigenvalue weighted by molar-refractivity contribution is 5.97. The molecule has 0 aliphatic carbocycles. The zero-order valence-corrected chi connectivity index (χ0v) is 30.0. The minimum absolute atomic E-state index is 0.0115. The summed E-state index contributed by atoms with van der Waals surface area (Å²) in [6, 6.07) is 10.5. The summed E-state index contributed by atoms with van der Waals surface area (Å²) in [4.78, 5) is 21.2. The molecular weight excluding hydrogens is 702 g/mol. The van der Waals surface area contributed by atoms with Crippen LogP contribution in [0.1, 0.15) is 16.7 Å². The first-order valence-electron chi connectivity index (χ1n) is 16.2. The van der Waals surface area contributed by atoms with E-state index in [4.69, 9.17) is 49.3 Å². The van der Waals surface area contributed by atoms with Crippen LogP contribution in [0.2, 0.25) is 0 Å². The summed E-state index contributed by atoms with van der Waals surface area (Å²) in [7, 11) is 4.46. The molecule has 0 fully saturated rings. The number of ether oxygens (including phenoxy) is 2. The number of nitrogens with one attached hydrogen (secondary N) is 3.